The van der Waals surface area contributed by atoms with Crippen LogP contribution in [0.15, 0.2) is 18.5 Å². The van der Waals surface area contributed by atoms with Crippen LogP contribution in [-0.2, 0) is 0 Å². The fourth-order valence-corrected chi connectivity index (χ4v) is 1.53. The van der Waals surface area contributed by atoms with Crippen LogP contribution in [0.3, 0.4) is 0 Å². The van der Waals surface area contributed by atoms with Gasteiger partial charge < -0.3 is 5.32 Å². The molecule has 0 saturated carbocycles. The summed E-state index contributed by atoms with van der Waals surface area (Å²) in [5, 5.41) is 3.50. The predicted molar refractivity (Wildman–Crippen MR) is 62.5 cm³/mol. The summed E-state index contributed by atoms with van der Waals surface area (Å²) < 4.78 is 0. The summed E-state index contributed by atoms with van der Waals surface area (Å²) in [5.74, 6) is 0.887. The first-order valence-electron chi connectivity index (χ1n) is 5.56. The maximum atomic E-state index is 4.32. The van der Waals surface area contributed by atoms with E-state index in [1.165, 1.54) is 0 Å². The van der Waals surface area contributed by atoms with Crippen LogP contribution in [0.25, 0.3) is 0 Å². The largest absolute Gasteiger partial charge is 0.307 e. The lowest BCUT2D eigenvalue weighted by Crippen LogP contribution is -2.34. The zero-order valence-corrected chi connectivity index (χ0v) is 10.1. The van der Waals surface area contributed by atoms with E-state index in [9.17, 15) is 0 Å². The molecule has 0 aliphatic heterocycles. The number of nitrogens with zero attached hydrogens (tertiary/aromatic N) is 2. The number of nitrogens with one attached hydrogen (secondary N) is 1. The predicted octanol–water partition coefficient (Wildman–Crippen LogP) is 2.56. The lowest BCUT2D eigenvalue weighted by molar-refractivity contribution is 0.262. The Hall–Kier alpha value is -0.960. The minimum Gasteiger partial charge on any atom is -0.307 e. The molecule has 0 saturated heterocycles. The molecule has 3 heteroatoms. The summed E-state index contributed by atoms with van der Waals surface area (Å²) in [4.78, 5) is 8.65. The molecule has 1 aromatic heterocycles. The van der Waals surface area contributed by atoms with Gasteiger partial charge in [0, 0.05) is 12.4 Å². The highest BCUT2D eigenvalue weighted by Gasteiger charge is 2.27. The van der Waals surface area contributed by atoms with Crippen molar-refractivity contribution in [2.24, 2.45) is 5.41 Å². The minimum atomic E-state index is 0.135. The third kappa shape index (κ3) is 3.59. The van der Waals surface area contributed by atoms with Gasteiger partial charge in [0.15, 0.2) is 0 Å². The van der Waals surface area contributed by atoms with Crippen LogP contribution in [0.4, 0.5) is 0 Å². The Labute approximate surface area is 92.3 Å². The van der Waals surface area contributed by atoms with Crippen LogP contribution in [0, 0.1) is 5.41 Å². The summed E-state index contributed by atoms with van der Waals surface area (Å²) in [6.07, 6.45) is 4.73. The Morgan fingerprint density at radius 2 is 1.87 bits per heavy atom. The van der Waals surface area contributed by atoms with E-state index in [1.54, 1.807) is 12.4 Å². The Kier molecular flexibility index (Phi) is 4.21. The molecular weight excluding hydrogens is 186 g/mol. The highest BCUT2D eigenvalue weighted by atomic mass is 15.0. The molecule has 0 bridgehead atoms. The monoisotopic (exact) mass is 207 g/mol. The van der Waals surface area contributed by atoms with Crippen molar-refractivity contribution in [1.82, 2.24) is 15.3 Å². The van der Waals surface area contributed by atoms with E-state index >= 15 is 0 Å². The molecule has 0 aromatic carbocycles. The maximum absolute atomic E-state index is 4.32. The van der Waals surface area contributed by atoms with Crippen molar-refractivity contribution >= 4 is 0 Å². The average molecular weight is 207 g/mol. The van der Waals surface area contributed by atoms with Gasteiger partial charge in [0.2, 0.25) is 0 Å². The van der Waals surface area contributed by atoms with Gasteiger partial charge in [-0.3, -0.25) is 0 Å². The Bertz CT molecular complexity index is 277. The molecular formula is C12H21N3. The van der Waals surface area contributed by atoms with Crippen molar-refractivity contribution in [3.05, 3.63) is 24.3 Å². The normalized spacial score (nSPS) is 13.9. The van der Waals surface area contributed by atoms with E-state index in [0.717, 1.165) is 18.8 Å². The van der Waals surface area contributed by atoms with Crippen LogP contribution < -0.4 is 5.32 Å². The highest BCUT2D eigenvalue weighted by molar-refractivity contribution is 5.00. The zero-order valence-electron chi connectivity index (χ0n) is 10.1. The topological polar surface area (TPSA) is 37.8 Å². The van der Waals surface area contributed by atoms with Gasteiger partial charge in [0.25, 0.3) is 0 Å². The molecule has 1 heterocycles. The summed E-state index contributed by atoms with van der Waals surface area (Å²) in [7, 11) is 0. The van der Waals surface area contributed by atoms with Crippen molar-refractivity contribution in [3.63, 3.8) is 0 Å². The molecule has 15 heavy (non-hydrogen) atoms. The van der Waals surface area contributed by atoms with Crippen LogP contribution in [0.1, 0.15) is 46.0 Å². The lowest BCUT2D eigenvalue weighted by atomic mass is 9.86. The first-order valence-corrected chi connectivity index (χ1v) is 5.56. The second-order valence-electron chi connectivity index (χ2n) is 4.86. The molecule has 1 unspecified atom stereocenters. The first kappa shape index (κ1) is 12.1. The second kappa shape index (κ2) is 5.21. The van der Waals surface area contributed by atoms with Gasteiger partial charge in [0.05, 0.1) is 6.04 Å². The van der Waals surface area contributed by atoms with Crippen LogP contribution in [0.2, 0.25) is 0 Å². The van der Waals surface area contributed by atoms with Gasteiger partial charge in [0.1, 0.15) is 5.82 Å². The van der Waals surface area contributed by atoms with Gasteiger partial charge in [-0.1, -0.05) is 27.7 Å². The Morgan fingerprint density at radius 1 is 1.27 bits per heavy atom. The molecule has 0 amide bonds. The first-order chi connectivity index (χ1) is 7.05. The molecule has 1 rings (SSSR count). The summed E-state index contributed by atoms with van der Waals surface area (Å²) in [6, 6.07) is 2.07. The number of aromatic nitrogens is 2. The number of hydrogen-bond donors (Lipinski definition) is 1. The summed E-state index contributed by atoms with van der Waals surface area (Å²) >= 11 is 0. The third-order valence-corrected chi connectivity index (χ3v) is 2.31. The fourth-order valence-electron chi connectivity index (χ4n) is 1.53. The van der Waals surface area contributed by atoms with E-state index in [2.05, 4.69) is 43.0 Å². The number of hydrogen-bond acceptors (Lipinski definition) is 3. The summed E-state index contributed by atoms with van der Waals surface area (Å²) in [6.45, 7) is 9.78. The zero-order chi connectivity index (χ0) is 11.3. The van der Waals surface area contributed by atoms with Crippen LogP contribution in [-0.4, -0.2) is 16.5 Å². The molecule has 0 radical (unpaired) electrons. The standard InChI is InChI=1S/C12H21N3/c1-5-7-13-10(12(2,3)4)11-14-8-6-9-15-11/h6,8-10,13H,5,7H2,1-4H3. The smallest absolute Gasteiger partial charge is 0.145 e. The van der Waals surface area contributed by atoms with E-state index in [0.29, 0.717) is 0 Å². The van der Waals surface area contributed by atoms with E-state index in [-0.39, 0.29) is 11.5 Å². The van der Waals surface area contributed by atoms with Crippen LogP contribution >= 0.6 is 0 Å². The Morgan fingerprint density at radius 3 is 2.33 bits per heavy atom. The van der Waals surface area contributed by atoms with E-state index < -0.39 is 0 Å². The van der Waals surface area contributed by atoms with Crippen molar-refractivity contribution in [1.29, 1.82) is 0 Å². The van der Waals surface area contributed by atoms with Gasteiger partial charge in [-0.25, -0.2) is 9.97 Å². The molecule has 84 valence electrons. The maximum Gasteiger partial charge on any atom is 0.145 e. The second-order valence-corrected chi connectivity index (χ2v) is 4.86. The Balaban J connectivity index is 2.82. The average Bonchev–Trinajstić information content (AvgIpc) is 2.18. The summed E-state index contributed by atoms with van der Waals surface area (Å²) in [5.41, 5.74) is 0.135. The van der Waals surface area contributed by atoms with E-state index in [4.69, 9.17) is 0 Å². The van der Waals surface area contributed by atoms with Gasteiger partial charge >= 0.3 is 0 Å². The number of rotatable bonds is 4. The van der Waals surface area contributed by atoms with E-state index in [1.807, 2.05) is 6.07 Å². The van der Waals surface area contributed by atoms with Gasteiger partial charge in [-0.15, -0.1) is 0 Å². The van der Waals surface area contributed by atoms with Crippen LogP contribution in [0.5, 0.6) is 0 Å². The highest BCUT2D eigenvalue weighted by Crippen LogP contribution is 2.30. The molecule has 1 aromatic rings. The SMILES string of the molecule is CCCNC(c1ncccn1)C(C)(C)C. The molecule has 0 fully saturated rings. The van der Waals surface area contributed by atoms with Crippen molar-refractivity contribution < 1.29 is 0 Å². The molecule has 3 nitrogen and oxygen atoms in total. The minimum absolute atomic E-state index is 0.135. The molecule has 0 spiro atoms. The quantitative estimate of drug-likeness (QED) is 0.824. The van der Waals surface area contributed by atoms with Gasteiger partial charge in [-0.2, -0.15) is 0 Å². The molecule has 0 aliphatic rings. The lowest BCUT2D eigenvalue weighted by Gasteiger charge is -2.30. The molecule has 0 aliphatic carbocycles. The fraction of sp³-hybridized carbons (Fsp3) is 0.667. The van der Waals surface area contributed by atoms with Gasteiger partial charge in [-0.05, 0) is 24.4 Å². The van der Waals surface area contributed by atoms with Crippen molar-refractivity contribution in [2.75, 3.05) is 6.54 Å². The molecule has 1 atom stereocenters. The van der Waals surface area contributed by atoms with Crippen molar-refractivity contribution in [2.45, 2.75) is 40.2 Å². The third-order valence-electron chi connectivity index (χ3n) is 2.31. The van der Waals surface area contributed by atoms with Crippen molar-refractivity contribution in [3.8, 4) is 0 Å². The molecule has 1 N–H and O–H groups in total.